The molecular weight excluding hydrogens is 764 g/mol. The van der Waals surface area contributed by atoms with E-state index in [9.17, 15) is 32.0 Å². The Morgan fingerprint density at radius 2 is 1.84 bits per heavy atom. The summed E-state index contributed by atoms with van der Waals surface area (Å²) >= 11 is 0. The maximum atomic E-state index is 14.9. The average molecular weight is 815 g/mol. The van der Waals surface area contributed by atoms with Gasteiger partial charge >= 0.3 is 5.97 Å². The van der Waals surface area contributed by atoms with Gasteiger partial charge in [-0.1, -0.05) is 55.3 Å². The number of fused-ring (bicyclic) bond motifs is 5. The molecule has 4 heterocycles. The van der Waals surface area contributed by atoms with Crippen molar-refractivity contribution in [3.05, 3.63) is 72.1 Å². The van der Waals surface area contributed by atoms with Crippen LogP contribution in [0.4, 0.5) is 4.39 Å². The van der Waals surface area contributed by atoms with Crippen LogP contribution in [0.1, 0.15) is 97.0 Å². The highest BCUT2D eigenvalue weighted by molar-refractivity contribution is 7.91. The van der Waals surface area contributed by atoms with E-state index < -0.39 is 79.4 Å². The number of pyridine rings is 1. The maximum Gasteiger partial charge on any atom is 0.307 e. The number of amides is 3. The molecule has 2 aliphatic carbocycles. The predicted octanol–water partition coefficient (Wildman–Crippen LogP) is 6.06. The van der Waals surface area contributed by atoms with Gasteiger partial charge in [0, 0.05) is 34.8 Å². The number of carbonyl (C=O) groups is 4. The number of rotatable bonds is 6. The molecule has 1 aromatic heterocycles. The maximum absolute atomic E-state index is 14.9. The van der Waals surface area contributed by atoms with Crippen LogP contribution in [0, 0.1) is 17.7 Å². The number of hydrogen-bond donors (Lipinski definition) is 2. The van der Waals surface area contributed by atoms with Crippen molar-refractivity contribution in [3.8, 4) is 17.0 Å². The first-order valence-corrected chi connectivity index (χ1v) is 22.0. The van der Waals surface area contributed by atoms with E-state index in [1.807, 2.05) is 36.4 Å². The molecule has 2 aromatic carbocycles. The van der Waals surface area contributed by atoms with Crippen LogP contribution in [0.25, 0.3) is 22.2 Å². The Bertz CT molecular complexity index is 2310. The SMILES string of the molecule is CC(C)(C)OC(=O)C[C@H]1CCCCC/C=C\[C@@H]2C[C@@]2(C(=O)NS(=O)(=O)C2CC2)NC(=O)[C@@H]2C[C@]3(CCc4c(c(-c5cccc(F)c5)nc5ccccc45)O3)CN2C1=O. The Kier molecular flexibility index (Phi) is 10.4. The summed E-state index contributed by atoms with van der Waals surface area (Å²) in [7, 11) is -3.92. The zero-order chi connectivity index (χ0) is 41.0. The van der Waals surface area contributed by atoms with Gasteiger partial charge in [-0.15, -0.1) is 0 Å². The van der Waals surface area contributed by atoms with Crippen LogP contribution < -0.4 is 14.8 Å². The molecule has 308 valence electrons. The predicted molar refractivity (Wildman–Crippen MR) is 214 cm³/mol. The van der Waals surface area contributed by atoms with Crippen molar-refractivity contribution < 1.29 is 41.5 Å². The van der Waals surface area contributed by atoms with Gasteiger partial charge in [-0.05, 0) is 90.3 Å². The minimum atomic E-state index is -3.92. The normalized spacial score (nSPS) is 28.2. The van der Waals surface area contributed by atoms with Crippen molar-refractivity contribution in [1.82, 2.24) is 19.9 Å². The highest BCUT2D eigenvalue weighted by Gasteiger charge is 2.63. The third-order valence-corrected chi connectivity index (χ3v) is 13.9. The molecule has 5 aliphatic rings. The monoisotopic (exact) mass is 814 g/mol. The molecule has 3 amide bonds. The Morgan fingerprint density at radius 1 is 1.05 bits per heavy atom. The van der Waals surface area contributed by atoms with Crippen molar-refractivity contribution in [2.24, 2.45) is 11.8 Å². The van der Waals surface area contributed by atoms with Gasteiger partial charge in [0.05, 0.1) is 23.7 Å². The lowest BCUT2D eigenvalue weighted by molar-refractivity contribution is -0.159. The first kappa shape index (κ1) is 40.0. The van der Waals surface area contributed by atoms with Crippen molar-refractivity contribution in [1.29, 1.82) is 0 Å². The number of benzene rings is 2. The van der Waals surface area contributed by atoms with Gasteiger partial charge in [-0.25, -0.2) is 17.8 Å². The number of esters is 1. The Balaban J connectivity index is 1.17. The van der Waals surface area contributed by atoms with Gasteiger partial charge in [0.15, 0.2) is 0 Å². The number of nitrogens with zero attached hydrogens (tertiary/aromatic N) is 2. The highest BCUT2D eigenvalue weighted by Crippen LogP contribution is 2.49. The van der Waals surface area contributed by atoms with E-state index in [0.717, 1.165) is 29.3 Å². The number of ether oxygens (including phenoxy) is 2. The lowest BCUT2D eigenvalue weighted by atomic mass is 9.86. The van der Waals surface area contributed by atoms with E-state index in [2.05, 4.69) is 10.0 Å². The fraction of sp³-hybridized carbons (Fsp3) is 0.523. The van der Waals surface area contributed by atoms with E-state index in [1.54, 1.807) is 32.9 Å². The summed E-state index contributed by atoms with van der Waals surface area (Å²) in [5, 5.41) is 3.19. The largest absolute Gasteiger partial charge is 0.483 e. The van der Waals surface area contributed by atoms with Crippen LogP contribution in [0.3, 0.4) is 0 Å². The van der Waals surface area contributed by atoms with Gasteiger partial charge in [-0.2, -0.15) is 0 Å². The molecular formula is C44H51FN4O8S. The lowest BCUT2D eigenvalue weighted by Gasteiger charge is -2.37. The second kappa shape index (κ2) is 15.1. The zero-order valence-electron chi connectivity index (χ0n) is 33.2. The van der Waals surface area contributed by atoms with Crippen LogP contribution in [-0.4, -0.2) is 76.6 Å². The van der Waals surface area contributed by atoms with Gasteiger partial charge in [0.25, 0.3) is 5.91 Å². The summed E-state index contributed by atoms with van der Waals surface area (Å²) in [4.78, 5) is 63.3. The van der Waals surface area contributed by atoms with E-state index in [0.29, 0.717) is 62.0 Å². The number of aromatic nitrogens is 1. The van der Waals surface area contributed by atoms with Crippen molar-refractivity contribution in [3.63, 3.8) is 0 Å². The van der Waals surface area contributed by atoms with Crippen LogP contribution in [0.5, 0.6) is 5.75 Å². The first-order valence-electron chi connectivity index (χ1n) is 20.5. The number of hydrogen-bond acceptors (Lipinski definition) is 9. The fourth-order valence-corrected chi connectivity index (χ4v) is 10.3. The first-order chi connectivity index (χ1) is 27.6. The third kappa shape index (κ3) is 8.08. The minimum absolute atomic E-state index is 0.00217. The van der Waals surface area contributed by atoms with E-state index in [1.165, 1.54) is 17.0 Å². The minimum Gasteiger partial charge on any atom is -0.483 e. The third-order valence-electron chi connectivity index (χ3n) is 12.1. The summed E-state index contributed by atoms with van der Waals surface area (Å²) < 4.78 is 55.5. The van der Waals surface area contributed by atoms with E-state index in [-0.39, 0.29) is 25.8 Å². The molecule has 3 aromatic rings. The number of allylic oxidation sites excluding steroid dienone is 1. The number of halogens is 1. The highest BCUT2D eigenvalue weighted by atomic mass is 32.2. The molecule has 3 aliphatic heterocycles. The molecule has 14 heteroatoms. The summed E-state index contributed by atoms with van der Waals surface area (Å²) in [5.41, 5.74) is -0.820. The number of nitrogens with one attached hydrogen (secondary N) is 2. The molecule has 2 N–H and O–H groups in total. The molecule has 2 saturated carbocycles. The average Bonchev–Trinajstić information content (AvgIpc) is 4.10. The van der Waals surface area contributed by atoms with Crippen LogP contribution in [-0.2, 0) is 40.4 Å². The van der Waals surface area contributed by atoms with Crippen LogP contribution in [0.2, 0.25) is 0 Å². The van der Waals surface area contributed by atoms with Gasteiger partial charge in [0.1, 0.15) is 40.0 Å². The van der Waals surface area contributed by atoms with Crippen molar-refractivity contribution >= 4 is 44.6 Å². The topological polar surface area (TPSA) is 161 Å². The Hall–Kier alpha value is -4.85. The second-order valence-electron chi connectivity index (χ2n) is 17.8. The quantitative estimate of drug-likeness (QED) is 0.223. The smallest absolute Gasteiger partial charge is 0.307 e. The number of para-hydroxylation sites is 1. The molecule has 1 spiro atoms. The van der Waals surface area contributed by atoms with Crippen LogP contribution >= 0.6 is 0 Å². The second-order valence-corrected chi connectivity index (χ2v) is 19.7. The summed E-state index contributed by atoms with van der Waals surface area (Å²) in [6, 6.07) is 12.7. The lowest BCUT2D eigenvalue weighted by Crippen LogP contribution is -2.57. The molecule has 8 rings (SSSR count). The summed E-state index contributed by atoms with van der Waals surface area (Å²) in [6.45, 7) is 5.30. The van der Waals surface area contributed by atoms with E-state index >= 15 is 0 Å². The Morgan fingerprint density at radius 3 is 2.60 bits per heavy atom. The summed E-state index contributed by atoms with van der Waals surface area (Å²) in [6.07, 6.45) is 9.13. The molecule has 1 saturated heterocycles. The standard InChI is InChI=1S/C44H51FN4O8S/c1-42(2,3)56-36(50)23-28-12-7-5-4-6-8-14-29-24-44(29,41(53)48-58(54,55)31-18-19-31)47-39(51)35-25-43(26-49(35)40(28)52)21-20-33-32-16-9-10-17-34(32)46-37(38(33)57-43)27-13-11-15-30(45)22-27/h8-11,13-17,22,28-29,31,35H,4-7,12,18-21,23-26H2,1-3H3,(H,47,51)(H,48,53)/b14-8-/t28-,29-,35+,43-,44-/m1/s1. The number of carbonyl (C=O) groups excluding carboxylic acids is 4. The Labute approximate surface area is 338 Å². The zero-order valence-corrected chi connectivity index (χ0v) is 34.0. The van der Waals surface area contributed by atoms with Gasteiger partial charge in [0.2, 0.25) is 21.8 Å². The fourth-order valence-electron chi connectivity index (χ4n) is 8.93. The van der Waals surface area contributed by atoms with E-state index in [4.69, 9.17) is 14.5 Å². The molecule has 58 heavy (non-hydrogen) atoms. The number of aryl methyl sites for hydroxylation is 1. The van der Waals surface area contributed by atoms with Crippen molar-refractivity contribution in [2.75, 3.05) is 6.54 Å². The molecule has 0 unspecified atom stereocenters. The molecule has 5 atom stereocenters. The van der Waals surface area contributed by atoms with Crippen molar-refractivity contribution in [2.45, 2.75) is 126 Å². The van der Waals surface area contributed by atoms with Crippen LogP contribution in [0.15, 0.2) is 60.7 Å². The molecule has 12 nitrogen and oxygen atoms in total. The molecule has 0 radical (unpaired) electrons. The molecule has 0 bridgehead atoms. The van der Waals surface area contributed by atoms with Gasteiger partial charge < -0.3 is 19.7 Å². The summed E-state index contributed by atoms with van der Waals surface area (Å²) in [5.74, 6) is -3.54. The number of sulfonamides is 1. The molecule has 3 fully saturated rings. The van der Waals surface area contributed by atoms with Gasteiger partial charge in [-0.3, -0.25) is 23.9 Å².